The van der Waals surface area contributed by atoms with Crippen molar-refractivity contribution < 1.29 is 9.53 Å². The van der Waals surface area contributed by atoms with Gasteiger partial charge in [-0.05, 0) is 63.3 Å². The maximum atomic E-state index is 12.1. The van der Waals surface area contributed by atoms with Crippen molar-refractivity contribution in [1.29, 1.82) is 0 Å². The molecule has 104 valence electrons. The predicted octanol–water partition coefficient (Wildman–Crippen LogP) is 3.08. The van der Waals surface area contributed by atoms with Crippen molar-refractivity contribution in [3.8, 4) is 5.75 Å². The highest BCUT2D eigenvalue weighted by atomic mass is 16.5. The van der Waals surface area contributed by atoms with E-state index < -0.39 is 0 Å². The summed E-state index contributed by atoms with van der Waals surface area (Å²) in [5.41, 5.74) is 2.43. The van der Waals surface area contributed by atoms with Gasteiger partial charge in [0.1, 0.15) is 5.75 Å². The Hall–Kier alpha value is -1.51. The average molecular weight is 261 g/mol. The van der Waals surface area contributed by atoms with E-state index in [2.05, 4.69) is 20.8 Å². The maximum Gasteiger partial charge on any atom is 0.260 e. The van der Waals surface area contributed by atoms with Gasteiger partial charge >= 0.3 is 0 Å². The molecule has 0 bridgehead atoms. The third kappa shape index (κ3) is 3.49. The molecule has 0 aromatic heterocycles. The first-order valence-electron chi connectivity index (χ1n) is 7.07. The number of hydrogen-bond donors (Lipinski definition) is 0. The van der Waals surface area contributed by atoms with Crippen LogP contribution in [0.4, 0.5) is 0 Å². The molecule has 2 rings (SSSR count). The molecule has 0 N–H and O–H groups in total. The van der Waals surface area contributed by atoms with Crippen molar-refractivity contribution in [3.63, 3.8) is 0 Å². The van der Waals surface area contributed by atoms with Gasteiger partial charge in [-0.3, -0.25) is 4.79 Å². The maximum absolute atomic E-state index is 12.1. The van der Waals surface area contributed by atoms with Gasteiger partial charge in [0.15, 0.2) is 6.61 Å². The molecular weight excluding hydrogens is 238 g/mol. The van der Waals surface area contributed by atoms with Crippen molar-refractivity contribution in [2.45, 2.75) is 46.1 Å². The van der Waals surface area contributed by atoms with E-state index >= 15 is 0 Å². The number of piperidine rings is 1. The zero-order valence-electron chi connectivity index (χ0n) is 12.1. The van der Waals surface area contributed by atoms with Crippen LogP contribution >= 0.6 is 0 Å². The lowest BCUT2D eigenvalue weighted by atomic mass is 10.0. The first-order chi connectivity index (χ1) is 9.08. The minimum Gasteiger partial charge on any atom is -0.484 e. The highest BCUT2D eigenvalue weighted by molar-refractivity contribution is 5.78. The highest BCUT2D eigenvalue weighted by Crippen LogP contribution is 2.18. The molecule has 1 fully saturated rings. The van der Waals surface area contributed by atoms with Crippen LogP contribution in [0.1, 0.15) is 37.3 Å². The zero-order chi connectivity index (χ0) is 13.8. The number of aryl methyl sites for hydroxylation is 2. The van der Waals surface area contributed by atoms with Crippen molar-refractivity contribution in [1.82, 2.24) is 4.90 Å². The summed E-state index contributed by atoms with van der Waals surface area (Å²) in [5.74, 6) is 0.881. The molecule has 1 aromatic carbocycles. The van der Waals surface area contributed by atoms with E-state index in [0.29, 0.717) is 6.04 Å². The van der Waals surface area contributed by atoms with Crippen LogP contribution in [0.5, 0.6) is 5.75 Å². The van der Waals surface area contributed by atoms with Crippen LogP contribution in [0.3, 0.4) is 0 Å². The zero-order valence-corrected chi connectivity index (χ0v) is 12.1. The standard InChI is InChI=1S/C16H23NO2/c1-12-7-8-15(10-13(12)2)19-11-16(18)17-9-5-4-6-14(17)3/h7-8,10,14H,4-6,9,11H2,1-3H3. The molecule has 1 heterocycles. The number of hydrogen-bond acceptors (Lipinski definition) is 2. The molecule has 19 heavy (non-hydrogen) atoms. The van der Waals surface area contributed by atoms with E-state index in [1.807, 2.05) is 23.1 Å². The highest BCUT2D eigenvalue weighted by Gasteiger charge is 2.23. The number of nitrogens with zero attached hydrogens (tertiary/aromatic N) is 1. The average Bonchev–Trinajstić information content (AvgIpc) is 2.40. The quantitative estimate of drug-likeness (QED) is 0.837. The molecule has 1 aliphatic heterocycles. The second-order valence-corrected chi connectivity index (χ2v) is 5.47. The predicted molar refractivity (Wildman–Crippen MR) is 76.4 cm³/mol. The van der Waals surface area contributed by atoms with E-state index in [1.54, 1.807) is 0 Å². The van der Waals surface area contributed by atoms with E-state index in [0.717, 1.165) is 25.1 Å². The molecule has 0 spiro atoms. The first kappa shape index (κ1) is 13.9. The number of benzene rings is 1. The second kappa shape index (κ2) is 6.09. The molecule has 1 unspecified atom stereocenters. The summed E-state index contributed by atoms with van der Waals surface area (Å²) in [7, 11) is 0. The lowest BCUT2D eigenvalue weighted by Crippen LogP contribution is -2.44. The Balaban J connectivity index is 1.90. The number of ether oxygens (including phenoxy) is 1. The molecule has 3 heteroatoms. The van der Waals surface area contributed by atoms with Gasteiger partial charge in [-0.1, -0.05) is 6.07 Å². The number of carbonyl (C=O) groups is 1. The smallest absolute Gasteiger partial charge is 0.260 e. The van der Waals surface area contributed by atoms with E-state index in [1.165, 1.54) is 17.5 Å². The topological polar surface area (TPSA) is 29.5 Å². The van der Waals surface area contributed by atoms with Gasteiger partial charge in [0.05, 0.1) is 0 Å². The lowest BCUT2D eigenvalue weighted by molar-refractivity contribution is -0.136. The van der Waals surface area contributed by atoms with Gasteiger partial charge in [0.25, 0.3) is 5.91 Å². The third-order valence-corrected chi connectivity index (χ3v) is 3.96. The van der Waals surface area contributed by atoms with Crippen LogP contribution in [0, 0.1) is 13.8 Å². The Morgan fingerprint density at radius 3 is 2.79 bits per heavy atom. The van der Waals surface area contributed by atoms with Gasteiger partial charge in [0.2, 0.25) is 0 Å². The summed E-state index contributed by atoms with van der Waals surface area (Å²) in [6.45, 7) is 7.26. The Morgan fingerprint density at radius 1 is 1.32 bits per heavy atom. The van der Waals surface area contributed by atoms with Crippen molar-refractivity contribution in [2.75, 3.05) is 13.2 Å². The van der Waals surface area contributed by atoms with E-state index in [4.69, 9.17) is 4.74 Å². The normalized spacial score (nSPS) is 19.3. The van der Waals surface area contributed by atoms with Crippen molar-refractivity contribution in [3.05, 3.63) is 29.3 Å². The number of amides is 1. The number of likely N-dealkylation sites (tertiary alicyclic amines) is 1. The van der Waals surface area contributed by atoms with Crippen molar-refractivity contribution in [2.24, 2.45) is 0 Å². The summed E-state index contributed by atoms with van der Waals surface area (Å²) >= 11 is 0. The third-order valence-electron chi connectivity index (χ3n) is 3.96. The van der Waals surface area contributed by atoms with E-state index in [-0.39, 0.29) is 12.5 Å². The van der Waals surface area contributed by atoms with Crippen LogP contribution < -0.4 is 4.74 Å². The second-order valence-electron chi connectivity index (χ2n) is 5.47. The molecular formula is C16H23NO2. The van der Waals surface area contributed by atoms with Crippen LogP contribution in [0.2, 0.25) is 0 Å². The summed E-state index contributed by atoms with van der Waals surface area (Å²) in [5, 5.41) is 0. The van der Waals surface area contributed by atoms with Crippen molar-refractivity contribution >= 4 is 5.91 Å². The van der Waals surface area contributed by atoms with Gasteiger partial charge in [-0.25, -0.2) is 0 Å². The van der Waals surface area contributed by atoms with Gasteiger partial charge in [0, 0.05) is 12.6 Å². The first-order valence-corrected chi connectivity index (χ1v) is 7.07. The lowest BCUT2D eigenvalue weighted by Gasteiger charge is -2.33. The monoisotopic (exact) mass is 261 g/mol. The Labute approximate surface area is 115 Å². The molecule has 0 aliphatic carbocycles. The molecule has 1 atom stereocenters. The molecule has 1 aromatic rings. The fraction of sp³-hybridized carbons (Fsp3) is 0.562. The summed E-state index contributed by atoms with van der Waals surface area (Å²) in [6, 6.07) is 6.29. The van der Waals surface area contributed by atoms with E-state index in [9.17, 15) is 4.79 Å². The summed E-state index contributed by atoms with van der Waals surface area (Å²) in [4.78, 5) is 14.1. The molecule has 1 aliphatic rings. The van der Waals surface area contributed by atoms with Gasteiger partial charge < -0.3 is 9.64 Å². The van der Waals surface area contributed by atoms with Crippen LogP contribution in [0.25, 0.3) is 0 Å². The molecule has 3 nitrogen and oxygen atoms in total. The molecule has 1 saturated heterocycles. The largest absolute Gasteiger partial charge is 0.484 e. The summed E-state index contributed by atoms with van der Waals surface area (Å²) < 4.78 is 5.61. The molecule has 0 saturated carbocycles. The van der Waals surface area contributed by atoms with Crippen LogP contribution in [-0.2, 0) is 4.79 Å². The number of rotatable bonds is 3. The van der Waals surface area contributed by atoms with Gasteiger partial charge in [-0.2, -0.15) is 0 Å². The van der Waals surface area contributed by atoms with Crippen LogP contribution in [0.15, 0.2) is 18.2 Å². The fourth-order valence-corrected chi connectivity index (χ4v) is 2.50. The Morgan fingerprint density at radius 2 is 2.11 bits per heavy atom. The number of carbonyl (C=O) groups excluding carboxylic acids is 1. The Kier molecular flexibility index (Phi) is 4.46. The minimum atomic E-state index is 0.102. The molecule has 0 radical (unpaired) electrons. The SMILES string of the molecule is Cc1ccc(OCC(=O)N2CCCCC2C)cc1C. The van der Waals surface area contributed by atoms with Crippen LogP contribution in [-0.4, -0.2) is 30.0 Å². The van der Waals surface area contributed by atoms with Gasteiger partial charge in [-0.15, -0.1) is 0 Å². The fourth-order valence-electron chi connectivity index (χ4n) is 2.50. The Bertz CT molecular complexity index is 456. The minimum absolute atomic E-state index is 0.102. The summed E-state index contributed by atoms with van der Waals surface area (Å²) in [6.07, 6.45) is 3.44. The molecule has 1 amide bonds.